The summed E-state index contributed by atoms with van der Waals surface area (Å²) in [6, 6.07) is 12.2. The molecule has 1 heterocycles. The lowest BCUT2D eigenvalue weighted by Gasteiger charge is -2.31. The summed E-state index contributed by atoms with van der Waals surface area (Å²) in [5.74, 6) is -0.0619. The highest BCUT2D eigenvalue weighted by atomic mass is 35.5. The molecule has 0 bridgehead atoms. The SMILES string of the molecule is Cc1ccc(NC(=O)C[NH+]2CCN(S(=O)(=O)c3cccc(Cl)c3)CC2)c(C)c1. The van der Waals surface area contributed by atoms with Gasteiger partial charge in [-0.2, -0.15) is 4.31 Å². The van der Waals surface area contributed by atoms with E-state index in [1.54, 1.807) is 18.2 Å². The first-order valence-electron chi connectivity index (χ1n) is 9.22. The number of sulfonamides is 1. The van der Waals surface area contributed by atoms with Crippen LogP contribution in [0.5, 0.6) is 0 Å². The first-order valence-corrected chi connectivity index (χ1v) is 11.0. The van der Waals surface area contributed by atoms with Crippen LogP contribution in [0, 0.1) is 13.8 Å². The summed E-state index contributed by atoms with van der Waals surface area (Å²) in [5, 5.41) is 3.35. The van der Waals surface area contributed by atoms with Gasteiger partial charge in [-0.1, -0.05) is 35.4 Å². The lowest BCUT2D eigenvalue weighted by atomic mass is 10.1. The molecular weight excluding hydrogens is 398 g/mol. The van der Waals surface area contributed by atoms with E-state index in [1.165, 1.54) is 10.4 Å². The van der Waals surface area contributed by atoms with Gasteiger partial charge in [-0.15, -0.1) is 0 Å². The molecule has 1 aliphatic heterocycles. The predicted molar refractivity (Wildman–Crippen MR) is 110 cm³/mol. The summed E-state index contributed by atoms with van der Waals surface area (Å²) in [5.41, 5.74) is 3.00. The average molecular weight is 423 g/mol. The van der Waals surface area contributed by atoms with Crippen molar-refractivity contribution in [2.45, 2.75) is 18.7 Å². The van der Waals surface area contributed by atoms with Gasteiger partial charge in [0, 0.05) is 10.7 Å². The van der Waals surface area contributed by atoms with Crippen molar-refractivity contribution < 1.29 is 18.1 Å². The molecule has 3 rings (SSSR count). The third kappa shape index (κ3) is 4.91. The van der Waals surface area contributed by atoms with E-state index in [1.807, 2.05) is 32.0 Å². The molecule has 0 radical (unpaired) electrons. The first-order chi connectivity index (χ1) is 13.3. The minimum Gasteiger partial charge on any atom is -0.325 e. The lowest BCUT2D eigenvalue weighted by Crippen LogP contribution is -3.15. The van der Waals surface area contributed by atoms with Crippen LogP contribution in [-0.4, -0.2) is 51.4 Å². The molecule has 28 heavy (non-hydrogen) atoms. The van der Waals surface area contributed by atoms with E-state index < -0.39 is 10.0 Å². The zero-order valence-corrected chi connectivity index (χ0v) is 17.6. The van der Waals surface area contributed by atoms with Gasteiger partial charge < -0.3 is 10.2 Å². The molecule has 8 heteroatoms. The predicted octanol–water partition coefficient (Wildman–Crippen LogP) is 1.48. The topological polar surface area (TPSA) is 70.9 Å². The summed E-state index contributed by atoms with van der Waals surface area (Å²) < 4.78 is 27.0. The number of nitrogens with one attached hydrogen (secondary N) is 2. The summed E-state index contributed by atoms with van der Waals surface area (Å²) >= 11 is 5.92. The molecule has 0 spiro atoms. The number of hydrogen-bond donors (Lipinski definition) is 2. The van der Waals surface area contributed by atoms with Crippen molar-refractivity contribution in [3.63, 3.8) is 0 Å². The Morgan fingerprint density at radius 1 is 1.14 bits per heavy atom. The standard InChI is InChI=1S/C20H24ClN3O3S/c1-15-6-7-19(16(2)12-15)22-20(25)14-23-8-10-24(11-9-23)28(26,27)18-5-3-4-17(21)13-18/h3-7,12-13H,8-11,14H2,1-2H3,(H,22,25)/p+1. The maximum Gasteiger partial charge on any atom is 0.279 e. The van der Waals surface area contributed by atoms with Gasteiger partial charge in [-0.05, 0) is 43.7 Å². The van der Waals surface area contributed by atoms with Crippen molar-refractivity contribution in [2.24, 2.45) is 0 Å². The van der Waals surface area contributed by atoms with Crippen LogP contribution in [0.2, 0.25) is 5.02 Å². The smallest absolute Gasteiger partial charge is 0.279 e. The number of amides is 1. The van der Waals surface area contributed by atoms with Gasteiger partial charge in [0.2, 0.25) is 10.0 Å². The van der Waals surface area contributed by atoms with Crippen molar-refractivity contribution in [1.82, 2.24) is 4.31 Å². The summed E-state index contributed by atoms with van der Waals surface area (Å²) in [4.78, 5) is 13.7. The second-order valence-electron chi connectivity index (χ2n) is 7.15. The molecule has 150 valence electrons. The average Bonchev–Trinajstić information content (AvgIpc) is 2.64. The summed E-state index contributed by atoms with van der Waals surface area (Å²) in [6.45, 7) is 6.22. The minimum absolute atomic E-state index is 0.0619. The first kappa shape index (κ1) is 20.8. The Morgan fingerprint density at radius 2 is 1.86 bits per heavy atom. The van der Waals surface area contributed by atoms with Crippen LogP contribution in [0.15, 0.2) is 47.4 Å². The zero-order chi connectivity index (χ0) is 20.3. The molecular formula is C20H25ClN3O3S+. The Kier molecular flexibility index (Phi) is 6.40. The maximum absolute atomic E-state index is 12.8. The number of carbonyl (C=O) groups excluding carboxylic acids is 1. The zero-order valence-electron chi connectivity index (χ0n) is 16.0. The van der Waals surface area contributed by atoms with Gasteiger partial charge in [-0.25, -0.2) is 8.42 Å². The molecule has 0 atom stereocenters. The number of nitrogens with zero attached hydrogens (tertiary/aromatic N) is 1. The number of rotatable bonds is 5. The van der Waals surface area contributed by atoms with Crippen molar-refractivity contribution in [3.8, 4) is 0 Å². The molecule has 6 nitrogen and oxygen atoms in total. The van der Waals surface area contributed by atoms with E-state index in [4.69, 9.17) is 11.6 Å². The second-order valence-corrected chi connectivity index (χ2v) is 9.53. The lowest BCUT2D eigenvalue weighted by molar-refractivity contribution is -0.895. The molecule has 1 amide bonds. The monoisotopic (exact) mass is 422 g/mol. The highest BCUT2D eigenvalue weighted by Crippen LogP contribution is 2.19. The molecule has 0 saturated carbocycles. The highest BCUT2D eigenvalue weighted by Gasteiger charge is 2.31. The van der Waals surface area contributed by atoms with Gasteiger partial charge in [0.25, 0.3) is 5.91 Å². The van der Waals surface area contributed by atoms with E-state index in [9.17, 15) is 13.2 Å². The van der Waals surface area contributed by atoms with Gasteiger partial charge in [0.15, 0.2) is 6.54 Å². The van der Waals surface area contributed by atoms with Crippen LogP contribution in [0.3, 0.4) is 0 Å². The van der Waals surface area contributed by atoms with E-state index in [-0.39, 0.29) is 10.8 Å². The van der Waals surface area contributed by atoms with Gasteiger partial charge in [0.05, 0.1) is 31.1 Å². The van der Waals surface area contributed by atoms with E-state index in [2.05, 4.69) is 5.32 Å². The highest BCUT2D eigenvalue weighted by molar-refractivity contribution is 7.89. The van der Waals surface area contributed by atoms with Crippen LogP contribution < -0.4 is 10.2 Å². The molecule has 1 saturated heterocycles. The Balaban J connectivity index is 1.56. The van der Waals surface area contributed by atoms with Crippen LogP contribution in [0.4, 0.5) is 5.69 Å². The fourth-order valence-corrected chi connectivity index (χ4v) is 5.11. The third-order valence-electron chi connectivity index (χ3n) is 4.93. The minimum atomic E-state index is -3.56. The van der Waals surface area contributed by atoms with Crippen molar-refractivity contribution in [3.05, 3.63) is 58.6 Å². The quantitative estimate of drug-likeness (QED) is 0.766. The number of halogens is 1. The van der Waals surface area contributed by atoms with E-state index in [0.717, 1.165) is 21.7 Å². The molecule has 0 unspecified atom stereocenters. The Hall–Kier alpha value is -1.93. The number of hydrogen-bond acceptors (Lipinski definition) is 3. The fraction of sp³-hybridized carbons (Fsp3) is 0.350. The molecule has 0 aliphatic carbocycles. The number of benzene rings is 2. The van der Waals surface area contributed by atoms with Gasteiger partial charge in [-0.3, -0.25) is 4.79 Å². The van der Waals surface area contributed by atoms with E-state index in [0.29, 0.717) is 37.7 Å². The van der Waals surface area contributed by atoms with Gasteiger partial charge in [0.1, 0.15) is 0 Å². The van der Waals surface area contributed by atoms with Gasteiger partial charge >= 0.3 is 0 Å². The third-order valence-corrected chi connectivity index (χ3v) is 7.06. The van der Waals surface area contributed by atoms with E-state index >= 15 is 0 Å². The Morgan fingerprint density at radius 3 is 2.50 bits per heavy atom. The number of aryl methyl sites for hydroxylation is 2. The number of anilines is 1. The van der Waals surface area contributed by atoms with Crippen LogP contribution in [-0.2, 0) is 14.8 Å². The molecule has 1 fully saturated rings. The molecule has 2 aromatic rings. The van der Waals surface area contributed by atoms with Crippen molar-refractivity contribution >= 4 is 33.2 Å². The number of carbonyl (C=O) groups is 1. The molecule has 2 aromatic carbocycles. The second kappa shape index (κ2) is 8.61. The maximum atomic E-state index is 12.8. The molecule has 0 aromatic heterocycles. The number of quaternary nitrogens is 1. The van der Waals surface area contributed by atoms with Crippen LogP contribution in [0.25, 0.3) is 0 Å². The summed E-state index contributed by atoms with van der Waals surface area (Å²) in [7, 11) is -3.56. The largest absolute Gasteiger partial charge is 0.325 e. The molecule has 2 N–H and O–H groups in total. The van der Waals surface area contributed by atoms with Crippen LogP contribution in [0.1, 0.15) is 11.1 Å². The number of piperazine rings is 1. The van der Waals surface area contributed by atoms with Crippen molar-refractivity contribution in [1.29, 1.82) is 0 Å². The summed E-state index contributed by atoms with van der Waals surface area (Å²) in [6.07, 6.45) is 0. The Labute approximate surface area is 171 Å². The normalized spacial score (nSPS) is 16.1. The Bertz CT molecular complexity index is 970. The van der Waals surface area contributed by atoms with Crippen LogP contribution >= 0.6 is 11.6 Å². The van der Waals surface area contributed by atoms with Crippen molar-refractivity contribution in [2.75, 3.05) is 38.0 Å². The fourth-order valence-electron chi connectivity index (χ4n) is 3.37. The molecule has 1 aliphatic rings.